The SMILES string of the molecule is COc1cc2ncnc(-c3cc(F)c(OC)c(NS(=O)(=O)c4cnn(C)c4)c3)c2cc1S(=O)(=O)C(C)(C)C. The van der Waals surface area contributed by atoms with E-state index in [1.165, 1.54) is 49.6 Å². The summed E-state index contributed by atoms with van der Waals surface area (Å²) in [5.74, 6) is -1.10. The standard InChI is InChI=1S/C24H26FN5O6S2/c1-24(2,3)37(31,32)21-9-16-18(10-20(21)35-5)26-13-27-22(16)14-7-17(25)23(36-6)19(8-14)29-38(33,34)15-11-28-30(4)12-15/h7-13,29H,1-6H3. The smallest absolute Gasteiger partial charge is 0.265 e. The number of sulfonamides is 1. The van der Waals surface area contributed by atoms with Crippen LogP contribution in [0.25, 0.3) is 22.2 Å². The second-order valence-electron chi connectivity index (χ2n) is 9.35. The average molecular weight is 564 g/mol. The normalized spacial score (nSPS) is 12.5. The Morgan fingerprint density at radius 3 is 2.29 bits per heavy atom. The van der Waals surface area contributed by atoms with Gasteiger partial charge in [0, 0.05) is 30.3 Å². The average Bonchev–Trinajstić information content (AvgIpc) is 3.29. The number of methoxy groups -OCH3 is 2. The number of hydrogen-bond acceptors (Lipinski definition) is 9. The van der Waals surface area contributed by atoms with Crippen molar-refractivity contribution >= 4 is 36.5 Å². The molecule has 2 aromatic heterocycles. The molecule has 0 spiro atoms. The topological polar surface area (TPSA) is 142 Å². The van der Waals surface area contributed by atoms with E-state index in [2.05, 4.69) is 19.8 Å². The van der Waals surface area contributed by atoms with Crippen molar-refractivity contribution < 1.29 is 30.7 Å². The van der Waals surface area contributed by atoms with Gasteiger partial charge in [-0.05, 0) is 39.0 Å². The highest BCUT2D eigenvalue weighted by Gasteiger charge is 2.34. The van der Waals surface area contributed by atoms with Crippen LogP contribution in [0.3, 0.4) is 0 Å². The molecule has 0 fully saturated rings. The van der Waals surface area contributed by atoms with Gasteiger partial charge < -0.3 is 9.47 Å². The van der Waals surface area contributed by atoms with Gasteiger partial charge in [0.05, 0.1) is 42.1 Å². The minimum absolute atomic E-state index is 0.0810. The molecule has 11 nitrogen and oxygen atoms in total. The van der Waals surface area contributed by atoms with Crippen molar-refractivity contribution in [1.82, 2.24) is 19.7 Å². The van der Waals surface area contributed by atoms with Crippen LogP contribution >= 0.6 is 0 Å². The molecule has 0 saturated heterocycles. The molecule has 0 amide bonds. The first-order chi connectivity index (χ1) is 17.7. The van der Waals surface area contributed by atoms with Crippen LogP contribution in [-0.2, 0) is 26.9 Å². The van der Waals surface area contributed by atoms with Crippen molar-refractivity contribution in [2.24, 2.45) is 7.05 Å². The van der Waals surface area contributed by atoms with Crippen molar-refractivity contribution in [3.63, 3.8) is 0 Å². The summed E-state index contributed by atoms with van der Waals surface area (Å²) in [7, 11) is -3.89. The number of hydrogen-bond donors (Lipinski definition) is 1. The fourth-order valence-electron chi connectivity index (χ4n) is 3.75. The van der Waals surface area contributed by atoms with E-state index in [1.807, 2.05) is 0 Å². The van der Waals surface area contributed by atoms with Gasteiger partial charge in [-0.3, -0.25) is 9.40 Å². The summed E-state index contributed by atoms with van der Waals surface area (Å²) >= 11 is 0. The molecule has 2 aromatic carbocycles. The molecule has 0 aliphatic heterocycles. The van der Waals surface area contributed by atoms with Crippen LogP contribution in [0.15, 0.2) is 52.8 Å². The molecule has 0 bridgehead atoms. The van der Waals surface area contributed by atoms with E-state index in [0.717, 1.165) is 12.3 Å². The van der Waals surface area contributed by atoms with E-state index < -0.39 is 30.4 Å². The summed E-state index contributed by atoms with van der Waals surface area (Å²) in [6.07, 6.45) is 3.67. The molecule has 1 N–H and O–H groups in total. The Labute approximate surface area is 219 Å². The largest absolute Gasteiger partial charge is 0.495 e. The molecule has 14 heteroatoms. The van der Waals surface area contributed by atoms with Gasteiger partial charge in [0.1, 0.15) is 21.9 Å². The summed E-state index contributed by atoms with van der Waals surface area (Å²) in [4.78, 5) is 8.27. The molecule has 202 valence electrons. The van der Waals surface area contributed by atoms with Crippen LogP contribution in [0.4, 0.5) is 10.1 Å². The van der Waals surface area contributed by atoms with Crippen molar-refractivity contribution in [3.05, 3.63) is 48.8 Å². The van der Waals surface area contributed by atoms with E-state index in [-0.39, 0.29) is 38.2 Å². The minimum Gasteiger partial charge on any atom is -0.495 e. The predicted octanol–water partition coefficient (Wildman–Crippen LogP) is 3.56. The molecule has 4 rings (SSSR count). The number of rotatable bonds is 7. The third-order valence-corrected chi connectivity index (χ3v) is 9.60. The fraction of sp³-hybridized carbons (Fsp3) is 0.292. The van der Waals surface area contributed by atoms with Crippen LogP contribution < -0.4 is 14.2 Å². The number of aryl methyl sites for hydroxylation is 1. The van der Waals surface area contributed by atoms with E-state index >= 15 is 4.39 Å². The summed E-state index contributed by atoms with van der Waals surface area (Å²) in [5, 5.41) is 4.15. The highest BCUT2D eigenvalue weighted by atomic mass is 32.2. The van der Waals surface area contributed by atoms with Crippen LogP contribution in [0.1, 0.15) is 20.8 Å². The van der Waals surface area contributed by atoms with Crippen LogP contribution in [0, 0.1) is 5.82 Å². The molecule has 38 heavy (non-hydrogen) atoms. The summed E-state index contributed by atoms with van der Waals surface area (Å²) < 4.78 is 80.7. The molecule has 2 heterocycles. The maximum absolute atomic E-state index is 15.2. The van der Waals surface area contributed by atoms with Gasteiger partial charge in [0.2, 0.25) is 0 Å². The van der Waals surface area contributed by atoms with Crippen LogP contribution in [-0.4, -0.2) is 55.6 Å². The number of benzene rings is 2. The third-order valence-electron chi connectivity index (χ3n) is 5.77. The molecule has 0 saturated carbocycles. The van der Waals surface area contributed by atoms with Crippen LogP contribution in [0.2, 0.25) is 0 Å². The molecular weight excluding hydrogens is 537 g/mol. The second-order valence-corrected chi connectivity index (χ2v) is 13.7. The summed E-state index contributed by atoms with van der Waals surface area (Å²) in [6.45, 7) is 4.69. The molecular formula is C24H26FN5O6S2. The van der Waals surface area contributed by atoms with Gasteiger partial charge in [0.25, 0.3) is 10.0 Å². The van der Waals surface area contributed by atoms with Gasteiger partial charge in [0.15, 0.2) is 21.4 Å². The molecule has 0 aliphatic carbocycles. The number of ether oxygens (including phenoxy) is 2. The lowest BCUT2D eigenvalue weighted by atomic mass is 10.0. The number of fused-ring (bicyclic) bond motifs is 1. The highest BCUT2D eigenvalue weighted by Crippen LogP contribution is 2.40. The zero-order chi connectivity index (χ0) is 28.0. The summed E-state index contributed by atoms with van der Waals surface area (Å²) in [5.41, 5.74) is 0.484. The van der Waals surface area contributed by atoms with E-state index in [0.29, 0.717) is 10.9 Å². The number of nitrogens with zero attached hydrogens (tertiary/aromatic N) is 4. The zero-order valence-corrected chi connectivity index (χ0v) is 23.1. The first-order valence-corrected chi connectivity index (χ1v) is 14.1. The van der Waals surface area contributed by atoms with Crippen molar-refractivity contribution in [2.45, 2.75) is 35.3 Å². The lowest BCUT2D eigenvalue weighted by Gasteiger charge is -2.21. The number of sulfone groups is 1. The monoisotopic (exact) mass is 563 g/mol. The quantitative estimate of drug-likeness (QED) is 0.357. The molecule has 4 aromatic rings. The maximum Gasteiger partial charge on any atom is 0.265 e. The van der Waals surface area contributed by atoms with Gasteiger partial charge in [-0.1, -0.05) is 0 Å². The molecule has 0 atom stereocenters. The number of halogens is 1. The Morgan fingerprint density at radius 2 is 1.71 bits per heavy atom. The lowest BCUT2D eigenvalue weighted by Crippen LogP contribution is -2.28. The highest BCUT2D eigenvalue weighted by molar-refractivity contribution is 7.93. The van der Waals surface area contributed by atoms with E-state index in [1.54, 1.807) is 27.8 Å². The maximum atomic E-state index is 15.2. The number of aromatic nitrogens is 4. The molecule has 0 unspecified atom stereocenters. The Balaban J connectivity index is 1.95. The summed E-state index contributed by atoms with van der Waals surface area (Å²) in [6, 6.07) is 5.31. The first kappa shape index (κ1) is 27.3. The van der Waals surface area contributed by atoms with Crippen molar-refractivity contribution in [2.75, 3.05) is 18.9 Å². The Hall–Kier alpha value is -3.78. The third kappa shape index (κ3) is 4.76. The zero-order valence-electron chi connectivity index (χ0n) is 21.5. The molecule has 0 radical (unpaired) electrons. The number of nitrogens with one attached hydrogen (secondary N) is 1. The first-order valence-electron chi connectivity index (χ1n) is 11.2. The van der Waals surface area contributed by atoms with Gasteiger partial charge in [-0.2, -0.15) is 5.10 Å². The van der Waals surface area contributed by atoms with Crippen molar-refractivity contribution in [3.8, 4) is 22.8 Å². The Kier molecular flexibility index (Phi) is 6.82. The molecule has 0 aliphatic rings. The van der Waals surface area contributed by atoms with E-state index in [4.69, 9.17) is 9.47 Å². The Morgan fingerprint density at radius 1 is 1.00 bits per heavy atom. The van der Waals surface area contributed by atoms with Gasteiger partial charge >= 0.3 is 0 Å². The van der Waals surface area contributed by atoms with Gasteiger partial charge in [-0.25, -0.2) is 31.2 Å². The fourth-order valence-corrected chi connectivity index (χ4v) is 6.12. The number of anilines is 1. The Bertz CT molecular complexity index is 1760. The second kappa shape index (κ2) is 9.51. The lowest BCUT2D eigenvalue weighted by molar-refractivity contribution is 0.389. The predicted molar refractivity (Wildman–Crippen MR) is 139 cm³/mol. The van der Waals surface area contributed by atoms with Crippen molar-refractivity contribution in [1.29, 1.82) is 0 Å². The van der Waals surface area contributed by atoms with E-state index in [9.17, 15) is 16.8 Å². The minimum atomic E-state index is -4.14. The van der Waals surface area contributed by atoms with Crippen LogP contribution in [0.5, 0.6) is 11.5 Å². The van der Waals surface area contributed by atoms with Gasteiger partial charge in [-0.15, -0.1) is 0 Å².